The number of likely N-dealkylation sites (tertiary alicyclic amines) is 1. The molecule has 2 aliphatic rings. The van der Waals surface area contributed by atoms with Crippen LogP contribution in [-0.4, -0.2) is 79.4 Å². The number of benzene rings is 1. The Morgan fingerprint density at radius 1 is 1.15 bits per heavy atom. The van der Waals surface area contributed by atoms with Gasteiger partial charge < -0.3 is 18.8 Å². The number of fused-ring (bicyclic) bond motifs is 2. The maximum absolute atomic E-state index is 13.4. The van der Waals surface area contributed by atoms with Crippen molar-refractivity contribution in [2.45, 2.75) is 45.0 Å². The van der Waals surface area contributed by atoms with E-state index in [4.69, 9.17) is 9.72 Å². The lowest BCUT2D eigenvalue weighted by Gasteiger charge is -2.47. The molecule has 4 aromatic rings. The number of hydrogen-bond acceptors (Lipinski definition) is 7. The zero-order chi connectivity index (χ0) is 27.5. The van der Waals surface area contributed by atoms with Crippen LogP contribution in [0.4, 0.5) is 14.5 Å². The first-order chi connectivity index (χ1) is 18.6. The van der Waals surface area contributed by atoms with Crippen LogP contribution in [0, 0.1) is 6.92 Å². The summed E-state index contributed by atoms with van der Waals surface area (Å²) < 4.78 is 37.6. The average Bonchev–Trinajstić information content (AvgIpc) is 3.28. The quantitative estimate of drug-likeness (QED) is 0.370. The predicted molar refractivity (Wildman–Crippen MR) is 144 cm³/mol. The molecule has 39 heavy (non-hydrogen) atoms. The van der Waals surface area contributed by atoms with Gasteiger partial charge in [-0.1, -0.05) is 0 Å². The number of alkyl halides is 2. The number of anilines is 1. The summed E-state index contributed by atoms with van der Waals surface area (Å²) in [5.74, 6) is -2.05. The van der Waals surface area contributed by atoms with E-state index in [-0.39, 0.29) is 36.4 Å². The Kier molecular flexibility index (Phi) is 6.26. The number of ether oxygens (including phenoxy) is 1. The van der Waals surface area contributed by atoms with Gasteiger partial charge in [0.2, 0.25) is 0 Å². The smallest absolute Gasteiger partial charge is 0.278 e. The van der Waals surface area contributed by atoms with Crippen molar-refractivity contribution in [3.05, 3.63) is 63.3 Å². The minimum atomic E-state index is -2.61. The summed E-state index contributed by atoms with van der Waals surface area (Å²) >= 11 is 0. The fourth-order valence-electron chi connectivity index (χ4n) is 5.60. The molecule has 1 aromatic carbocycles. The van der Waals surface area contributed by atoms with Gasteiger partial charge in [0.05, 0.1) is 48.5 Å². The number of imidazole rings is 1. The number of pyridine rings is 1. The summed E-state index contributed by atoms with van der Waals surface area (Å²) in [4.78, 5) is 39.0. The topological polar surface area (TPSA) is 90.4 Å². The highest BCUT2D eigenvalue weighted by molar-refractivity contribution is 5.81. The molecule has 2 fully saturated rings. The molecule has 206 valence electrons. The summed E-state index contributed by atoms with van der Waals surface area (Å²) in [5.41, 5.74) is 2.31. The second kappa shape index (κ2) is 9.53. The second-order valence-electron chi connectivity index (χ2n) is 10.6. The van der Waals surface area contributed by atoms with Gasteiger partial charge in [-0.15, -0.1) is 0 Å². The summed E-state index contributed by atoms with van der Waals surface area (Å²) in [6.07, 6.45) is 3.14. The summed E-state index contributed by atoms with van der Waals surface area (Å²) in [7, 11) is 1.84. The minimum Gasteiger partial charge on any atom is -0.373 e. The predicted octanol–water partition coefficient (Wildman–Crippen LogP) is 2.00. The molecule has 0 amide bonds. The van der Waals surface area contributed by atoms with Gasteiger partial charge in [0.15, 0.2) is 5.52 Å². The Balaban J connectivity index is 1.20. The standard InChI is InChI=1S/C27H31F2N7O3/c1-17(35-14-27(28,29)15-35)23-13-34(10-11-39-23)19-4-5-20-21(12-19)31-18(2)36(25(20)37)9-8-33-7-6-22-24(26(33)38)30-16-32(22)3/h4-7,12,16-17,23H,8-11,13-15H2,1-3H3/t17-,23+/m0/s1. The molecule has 0 spiro atoms. The van der Waals surface area contributed by atoms with Gasteiger partial charge in [0, 0.05) is 51.2 Å². The summed E-state index contributed by atoms with van der Waals surface area (Å²) in [5, 5.41) is 0.498. The zero-order valence-electron chi connectivity index (χ0n) is 22.2. The molecule has 0 aliphatic carbocycles. The van der Waals surface area contributed by atoms with Gasteiger partial charge in [-0.05, 0) is 38.1 Å². The molecule has 0 radical (unpaired) electrons. The molecule has 5 heterocycles. The van der Waals surface area contributed by atoms with Crippen molar-refractivity contribution in [1.29, 1.82) is 0 Å². The third-order valence-electron chi connectivity index (χ3n) is 7.99. The molecule has 6 rings (SSSR count). The number of rotatable bonds is 6. The van der Waals surface area contributed by atoms with Crippen LogP contribution in [0.2, 0.25) is 0 Å². The molecule has 0 unspecified atom stereocenters. The number of aromatic nitrogens is 5. The van der Waals surface area contributed by atoms with E-state index in [1.807, 2.05) is 32.2 Å². The van der Waals surface area contributed by atoms with E-state index in [0.29, 0.717) is 55.0 Å². The van der Waals surface area contributed by atoms with Crippen LogP contribution in [0.3, 0.4) is 0 Å². The fraction of sp³-hybridized carbons (Fsp3) is 0.481. The van der Waals surface area contributed by atoms with E-state index in [9.17, 15) is 18.4 Å². The van der Waals surface area contributed by atoms with Crippen molar-refractivity contribution >= 4 is 27.6 Å². The first kappa shape index (κ1) is 25.6. The van der Waals surface area contributed by atoms with Crippen LogP contribution in [0.25, 0.3) is 21.9 Å². The molecular formula is C27H31F2N7O3. The summed E-state index contributed by atoms with van der Waals surface area (Å²) in [6, 6.07) is 7.31. The minimum absolute atomic E-state index is 0.119. The first-order valence-electron chi connectivity index (χ1n) is 13.1. The normalized spacial score (nSPS) is 20.4. The maximum Gasteiger partial charge on any atom is 0.278 e. The first-order valence-corrected chi connectivity index (χ1v) is 13.1. The largest absolute Gasteiger partial charge is 0.373 e. The molecule has 0 bridgehead atoms. The lowest BCUT2D eigenvalue weighted by molar-refractivity contribution is -0.162. The van der Waals surface area contributed by atoms with Crippen LogP contribution in [0.15, 0.2) is 46.4 Å². The Bertz CT molecular complexity index is 1670. The van der Waals surface area contributed by atoms with Gasteiger partial charge in [-0.2, -0.15) is 0 Å². The van der Waals surface area contributed by atoms with Gasteiger partial charge >= 0.3 is 0 Å². The highest BCUT2D eigenvalue weighted by atomic mass is 19.3. The van der Waals surface area contributed by atoms with Crippen LogP contribution in [0.1, 0.15) is 12.7 Å². The van der Waals surface area contributed by atoms with Crippen LogP contribution < -0.4 is 16.0 Å². The molecule has 0 saturated carbocycles. The molecule has 2 atom stereocenters. The third kappa shape index (κ3) is 4.61. The van der Waals surface area contributed by atoms with Gasteiger partial charge in [0.25, 0.3) is 17.0 Å². The van der Waals surface area contributed by atoms with Gasteiger partial charge in [0.1, 0.15) is 5.82 Å². The Morgan fingerprint density at radius 3 is 2.72 bits per heavy atom. The van der Waals surface area contributed by atoms with Crippen LogP contribution >= 0.6 is 0 Å². The van der Waals surface area contributed by atoms with E-state index in [0.717, 1.165) is 11.2 Å². The van der Waals surface area contributed by atoms with Crippen molar-refractivity contribution < 1.29 is 13.5 Å². The lowest BCUT2D eigenvalue weighted by Crippen LogP contribution is -2.64. The van der Waals surface area contributed by atoms with E-state index < -0.39 is 5.92 Å². The van der Waals surface area contributed by atoms with E-state index >= 15 is 0 Å². The van der Waals surface area contributed by atoms with Crippen molar-refractivity contribution in [2.75, 3.05) is 37.7 Å². The van der Waals surface area contributed by atoms with Gasteiger partial charge in [-0.25, -0.2) is 18.7 Å². The molecule has 12 heteroatoms. The number of halogens is 2. The maximum atomic E-state index is 13.4. The fourth-order valence-corrected chi connectivity index (χ4v) is 5.60. The SMILES string of the molecule is Cc1nc2cc(N3CCO[C@@H]([C@H](C)N4CC(F)(F)C4)C3)ccc2c(=O)n1CCn1ccc2c(ncn2C)c1=O. The second-order valence-corrected chi connectivity index (χ2v) is 10.6. The number of aryl methyl sites for hydroxylation is 3. The van der Waals surface area contributed by atoms with Crippen LogP contribution in [-0.2, 0) is 24.9 Å². The zero-order valence-corrected chi connectivity index (χ0v) is 22.2. The third-order valence-corrected chi connectivity index (χ3v) is 7.99. The van der Waals surface area contributed by atoms with E-state index in [1.54, 1.807) is 44.1 Å². The molecular weight excluding hydrogens is 508 g/mol. The Morgan fingerprint density at radius 2 is 1.95 bits per heavy atom. The molecule has 3 aromatic heterocycles. The van der Waals surface area contributed by atoms with Crippen molar-refractivity contribution in [1.82, 2.24) is 28.6 Å². The highest BCUT2D eigenvalue weighted by Gasteiger charge is 2.47. The highest BCUT2D eigenvalue weighted by Crippen LogP contribution is 2.31. The number of hydrogen-bond donors (Lipinski definition) is 0. The Labute approximate surface area is 223 Å². The van der Waals surface area contributed by atoms with Gasteiger partial charge in [-0.3, -0.25) is 19.1 Å². The Hall–Kier alpha value is -3.64. The van der Waals surface area contributed by atoms with Crippen molar-refractivity contribution in [3.8, 4) is 0 Å². The average molecular weight is 540 g/mol. The number of morpholine rings is 1. The molecule has 2 aliphatic heterocycles. The monoisotopic (exact) mass is 539 g/mol. The molecule has 2 saturated heterocycles. The summed E-state index contributed by atoms with van der Waals surface area (Å²) in [6.45, 7) is 5.59. The van der Waals surface area contributed by atoms with Crippen molar-refractivity contribution in [2.24, 2.45) is 7.05 Å². The van der Waals surface area contributed by atoms with E-state index in [2.05, 4.69) is 9.88 Å². The molecule has 0 N–H and O–H groups in total. The number of nitrogens with zero attached hydrogens (tertiary/aromatic N) is 7. The lowest BCUT2D eigenvalue weighted by atomic mass is 10.0. The van der Waals surface area contributed by atoms with E-state index in [1.165, 1.54) is 0 Å². The van der Waals surface area contributed by atoms with Crippen LogP contribution in [0.5, 0.6) is 0 Å². The van der Waals surface area contributed by atoms with Crippen molar-refractivity contribution in [3.63, 3.8) is 0 Å². The molecule has 10 nitrogen and oxygen atoms in total.